The van der Waals surface area contributed by atoms with E-state index in [1.165, 1.54) is 25.7 Å². The summed E-state index contributed by atoms with van der Waals surface area (Å²) in [7, 11) is 0. The zero-order valence-corrected chi connectivity index (χ0v) is 10.2. The second kappa shape index (κ2) is 5.39. The Morgan fingerprint density at radius 2 is 2.31 bits per heavy atom. The molecule has 2 rings (SSSR count). The van der Waals surface area contributed by atoms with Gasteiger partial charge in [-0.25, -0.2) is 0 Å². The minimum absolute atomic E-state index is 0.311. The molecule has 3 atom stereocenters. The van der Waals surface area contributed by atoms with Crippen LogP contribution >= 0.6 is 0 Å². The average molecular weight is 219 g/mol. The highest BCUT2D eigenvalue weighted by Crippen LogP contribution is 2.29. The fraction of sp³-hybridized carbons (Fsp3) is 0.692. The van der Waals surface area contributed by atoms with Crippen molar-refractivity contribution in [3.05, 3.63) is 24.3 Å². The van der Waals surface area contributed by atoms with Crippen LogP contribution in [-0.4, -0.2) is 16.0 Å². The van der Waals surface area contributed by atoms with Gasteiger partial charge in [-0.05, 0) is 25.7 Å². The van der Waals surface area contributed by atoms with Crippen molar-refractivity contribution in [3.8, 4) is 0 Å². The van der Waals surface area contributed by atoms with Gasteiger partial charge in [0.15, 0.2) is 0 Å². The Morgan fingerprint density at radius 3 is 3.00 bits per heavy atom. The lowest BCUT2D eigenvalue weighted by Gasteiger charge is -2.23. The van der Waals surface area contributed by atoms with Crippen LogP contribution < -0.4 is 5.32 Å². The zero-order valence-electron chi connectivity index (χ0n) is 10.2. The summed E-state index contributed by atoms with van der Waals surface area (Å²) >= 11 is 0. The van der Waals surface area contributed by atoms with E-state index in [-0.39, 0.29) is 0 Å². The Kier molecular flexibility index (Phi) is 3.88. The first kappa shape index (κ1) is 11.5. The Hall–Kier alpha value is -0.960. The van der Waals surface area contributed by atoms with Crippen molar-refractivity contribution < 1.29 is 0 Å². The van der Waals surface area contributed by atoms with Gasteiger partial charge in [0.25, 0.3) is 0 Å². The molecule has 1 aliphatic carbocycles. The van der Waals surface area contributed by atoms with Crippen molar-refractivity contribution in [2.45, 2.75) is 51.6 Å². The van der Waals surface area contributed by atoms with Crippen LogP contribution in [0.4, 0.5) is 0 Å². The molecule has 3 nitrogen and oxygen atoms in total. The van der Waals surface area contributed by atoms with Crippen LogP contribution in [0.15, 0.2) is 18.6 Å². The molecule has 0 bridgehead atoms. The zero-order chi connectivity index (χ0) is 11.4. The molecule has 0 amide bonds. The number of nitrogens with one attached hydrogen (secondary N) is 1. The first-order chi connectivity index (χ1) is 7.81. The van der Waals surface area contributed by atoms with E-state index in [2.05, 4.69) is 29.1 Å². The summed E-state index contributed by atoms with van der Waals surface area (Å²) in [4.78, 5) is 8.46. The fourth-order valence-corrected chi connectivity index (χ4v) is 2.69. The Balaban J connectivity index is 1.94. The first-order valence-electron chi connectivity index (χ1n) is 6.33. The summed E-state index contributed by atoms with van der Waals surface area (Å²) in [5.41, 5.74) is 1.05. The molecule has 1 saturated carbocycles. The van der Waals surface area contributed by atoms with E-state index >= 15 is 0 Å². The normalized spacial score (nSPS) is 26.9. The number of rotatable bonds is 4. The predicted molar refractivity (Wildman–Crippen MR) is 65.0 cm³/mol. The van der Waals surface area contributed by atoms with E-state index in [4.69, 9.17) is 0 Å². The Morgan fingerprint density at radius 1 is 1.44 bits per heavy atom. The molecule has 0 spiro atoms. The van der Waals surface area contributed by atoms with Crippen LogP contribution in [0.1, 0.15) is 51.3 Å². The Labute approximate surface area is 97.7 Å². The van der Waals surface area contributed by atoms with Crippen LogP contribution in [0.3, 0.4) is 0 Å². The van der Waals surface area contributed by atoms with Gasteiger partial charge in [0.1, 0.15) is 0 Å². The lowest BCUT2D eigenvalue weighted by atomic mass is 10.00. The van der Waals surface area contributed by atoms with E-state index in [0.29, 0.717) is 12.1 Å². The number of hydrogen-bond donors (Lipinski definition) is 1. The van der Waals surface area contributed by atoms with Gasteiger partial charge in [-0.3, -0.25) is 9.97 Å². The highest BCUT2D eigenvalue weighted by Gasteiger charge is 2.26. The van der Waals surface area contributed by atoms with Gasteiger partial charge in [0, 0.05) is 30.7 Å². The fourth-order valence-electron chi connectivity index (χ4n) is 2.69. The van der Waals surface area contributed by atoms with Crippen LogP contribution in [0.25, 0.3) is 0 Å². The lowest BCUT2D eigenvalue weighted by Crippen LogP contribution is -2.34. The van der Waals surface area contributed by atoms with Gasteiger partial charge < -0.3 is 5.32 Å². The third-order valence-corrected chi connectivity index (χ3v) is 3.67. The molecule has 0 saturated heterocycles. The summed E-state index contributed by atoms with van der Waals surface area (Å²) in [5, 5.41) is 3.69. The van der Waals surface area contributed by atoms with Crippen molar-refractivity contribution in [2.24, 2.45) is 5.92 Å². The topological polar surface area (TPSA) is 37.8 Å². The summed E-state index contributed by atoms with van der Waals surface area (Å²) in [6.07, 6.45) is 10.7. The van der Waals surface area contributed by atoms with Crippen LogP contribution in [0, 0.1) is 5.92 Å². The van der Waals surface area contributed by atoms with Gasteiger partial charge >= 0.3 is 0 Å². The van der Waals surface area contributed by atoms with E-state index < -0.39 is 0 Å². The first-order valence-corrected chi connectivity index (χ1v) is 6.33. The number of hydrogen-bond acceptors (Lipinski definition) is 3. The molecule has 16 heavy (non-hydrogen) atoms. The Bertz CT molecular complexity index is 312. The van der Waals surface area contributed by atoms with Gasteiger partial charge in [-0.2, -0.15) is 0 Å². The molecule has 3 unspecified atom stereocenters. The van der Waals surface area contributed by atoms with Gasteiger partial charge in [-0.15, -0.1) is 0 Å². The van der Waals surface area contributed by atoms with Gasteiger partial charge in [0.05, 0.1) is 5.69 Å². The van der Waals surface area contributed by atoms with E-state index in [0.717, 1.165) is 11.6 Å². The van der Waals surface area contributed by atoms with Crippen molar-refractivity contribution in [1.82, 2.24) is 15.3 Å². The summed E-state index contributed by atoms with van der Waals surface area (Å²) < 4.78 is 0. The maximum Gasteiger partial charge on any atom is 0.0753 e. The average Bonchev–Trinajstić information content (AvgIpc) is 2.77. The minimum atomic E-state index is 0.311. The van der Waals surface area contributed by atoms with Crippen molar-refractivity contribution in [3.63, 3.8) is 0 Å². The third-order valence-electron chi connectivity index (χ3n) is 3.67. The molecule has 0 radical (unpaired) electrons. The molecule has 1 heterocycles. The summed E-state index contributed by atoms with van der Waals surface area (Å²) in [6, 6.07) is 0.979. The van der Waals surface area contributed by atoms with Gasteiger partial charge in [-0.1, -0.05) is 19.8 Å². The van der Waals surface area contributed by atoms with Crippen molar-refractivity contribution in [2.75, 3.05) is 0 Å². The highest BCUT2D eigenvalue weighted by molar-refractivity contribution is 5.02. The predicted octanol–water partition coefficient (Wildman–Crippen LogP) is 2.71. The molecule has 1 aliphatic rings. The van der Waals surface area contributed by atoms with Crippen molar-refractivity contribution >= 4 is 0 Å². The highest BCUT2D eigenvalue weighted by atomic mass is 15.0. The second-order valence-electron chi connectivity index (χ2n) is 4.72. The molecule has 88 valence electrons. The van der Waals surface area contributed by atoms with Crippen LogP contribution in [0.5, 0.6) is 0 Å². The van der Waals surface area contributed by atoms with Crippen LogP contribution in [0.2, 0.25) is 0 Å². The SMILES string of the molecule is CCC1CCCC1NC(C)c1cnccn1. The lowest BCUT2D eigenvalue weighted by molar-refractivity contribution is 0.357. The third kappa shape index (κ3) is 2.59. The standard InChI is InChI=1S/C13H21N3/c1-3-11-5-4-6-12(11)16-10(2)13-9-14-7-8-15-13/h7-12,16H,3-6H2,1-2H3. The quantitative estimate of drug-likeness (QED) is 0.846. The summed E-state index contributed by atoms with van der Waals surface area (Å²) in [5.74, 6) is 0.846. The van der Waals surface area contributed by atoms with E-state index in [1.54, 1.807) is 12.4 Å². The monoisotopic (exact) mass is 219 g/mol. The van der Waals surface area contributed by atoms with E-state index in [1.807, 2.05) is 6.20 Å². The molecule has 3 heteroatoms. The number of aromatic nitrogens is 2. The molecule has 0 aromatic carbocycles. The van der Waals surface area contributed by atoms with E-state index in [9.17, 15) is 0 Å². The number of nitrogens with zero attached hydrogens (tertiary/aromatic N) is 2. The molecule has 1 N–H and O–H groups in total. The summed E-state index contributed by atoms with van der Waals surface area (Å²) in [6.45, 7) is 4.46. The molecule has 0 aliphatic heterocycles. The molecular formula is C13H21N3. The maximum absolute atomic E-state index is 4.35. The van der Waals surface area contributed by atoms with Crippen LogP contribution in [-0.2, 0) is 0 Å². The molecule has 1 aromatic heterocycles. The molecule has 1 fully saturated rings. The smallest absolute Gasteiger partial charge is 0.0753 e. The van der Waals surface area contributed by atoms with Crippen molar-refractivity contribution in [1.29, 1.82) is 0 Å². The molecular weight excluding hydrogens is 198 g/mol. The van der Waals surface area contributed by atoms with Gasteiger partial charge in [0.2, 0.25) is 0 Å². The second-order valence-corrected chi connectivity index (χ2v) is 4.72. The largest absolute Gasteiger partial charge is 0.306 e. The maximum atomic E-state index is 4.35. The minimum Gasteiger partial charge on any atom is -0.306 e. The molecule has 1 aromatic rings.